The standard InChI is InChI=1S/C13H20N2O3/c1-3-18-13(16)15(8-7-14)10-11-5-4-6-12(9-11)17-2/h4-6,9H,3,7-8,10,14H2,1-2H3. The van der Waals surface area contributed by atoms with E-state index in [1.807, 2.05) is 24.3 Å². The van der Waals surface area contributed by atoms with Crippen molar-refractivity contribution in [1.82, 2.24) is 4.90 Å². The van der Waals surface area contributed by atoms with Crippen LogP contribution in [0.1, 0.15) is 12.5 Å². The highest BCUT2D eigenvalue weighted by atomic mass is 16.6. The molecule has 0 aliphatic carbocycles. The Kier molecular flexibility index (Phi) is 6.00. The number of rotatable bonds is 6. The molecule has 5 heteroatoms. The molecule has 0 unspecified atom stereocenters. The first-order chi connectivity index (χ1) is 8.71. The molecule has 0 aromatic heterocycles. The van der Waals surface area contributed by atoms with Crippen molar-refractivity contribution in [3.8, 4) is 5.75 Å². The third kappa shape index (κ3) is 4.25. The summed E-state index contributed by atoms with van der Waals surface area (Å²) in [6.07, 6.45) is -0.342. The van der Waals surface area contributed by atoms with E-state index in [1.165, 1.54) is 0 Å². The Labute approximate surface area is 107 Å². The van der Waals surface area contributed by atoms with Gasteiger partial charge in [0.05, 0.1) is 13.7 Å². The molecule has 0 fully saturated rings. The first-order valence-electron chi connectivity index (χ1n) is 5.96. The molecule has 0 atom stereocenters. The molecule has 100 valence electrons. The topological polar surface area (TPSA) is 64.8 Å². The first-order valence-corrected chi connectivity index (χ1v) is 5.96. The van der Waals surface area contributed by atoms with Gasteiger partial charge in [0.25, 0.3) is 0 Å². The van der Waals surface area contributed by atoms with Gasteiger partial charge in [0.15, 0.2) is 0 Å². The van der Waals surface area contributed by atoms with Gasteiger partial charge in [-0.2, -0.15) is 0 Å². The Morgan fingerprint density at radius 2 is 2.22 bits per heavy atom. The van der Waals surface area contributed by atoms with E-state index in [4.69, 9.17) is 15.2 Å². The number of methoxy groups -OCH3 is 1. The minimum atomic E-state index is -0.342. The van der Waals surface area contributed by atoms with Gasteiger partial charge in [-0.3, -0.25) is 0 Å². The van der Waals surface area contributed by atoms with Crippen LogP contribution >= 0.6 is 0 Å². The highest BCUT2D eigenvalue weighted by Gasteiger charge is 2.14. The summed E-state index contributed by atoms with van der Waals surface area (Å²) in [6, 6.07) is 7.58. The average Bonchev–Trinajstić information content (AvgIpc) is 2.39. The third-order valence-electron chi connectivity index (χ3n) is 2.43. The molecule has 5 nitrogen and oxygen atoms in total. The van der Waals surface area contributed by atoms with Crippen molar-refractivity contribution >= 4 is 6.09 Å². The minimum absolute atomic E-state index is 0.342. The van der Waals surface area contributed by atoms with Gasteiger partial charge in [0.1, 0.15) is 5.75 Å². The number of nitrogens with zero attached hydrogens (tertiary/aromatic N) is 1. The Morgan fingerprint density at radius 3 is 2.83 bits per heavy atom. The summed E-state index contributed by atoms with van der Waals surface area (Å²) < 4.78 is 10.1. The van der Waals surface area contributed by atoms with Crippen molar-refractivity contribution in [2.45, 2.75) is 13.5 Å². The van der Waals surface area contributed by atoms with Gasteiger partial charge in [-0.1, -0.05) is 12.1 Å². The molecule has 18 heavy (non-hydrogen) atoms. The molecule has 0 heterocycles. The maximum absolute atomic E-state index is 11.7. The molecule has 1 aromatic carbocycles. The van der Waals surface area contributed by atoms with Crippen molar-refractivity contribution in [2.24, 2.45) is 5.73 Å². The van der Waals surface area contributed by atoms with Crippen LogP contribution in [-0.2, 0) is 11.3 Å². The Bertz CT molecular complexity index is 382. The van der Waals surface area contributed by atoms with Crippen LogP contribution in [0.25, 0.3) is 0 Å². The summed E-state index contributed by atoms with van der Waals surface area (Å²) >= 11 is 0. The summed E-state index contributed by atoms with van der Waals surface area (Å²) in [5.74, 6) is 0.768. The molecule has 2 N–H and O–H groups in total. The number of amides is 1. The second-order valence-electron chi connectivity index (χ2n) is 3.76. The zero-order chi connectivity index (χ0) is 13.4. The molecular formula is C13H20N2O3. The number of carbonyl (C=O) groups is 1. The first kappa shape index (κ1) is 14.3. The largest absolute Gasteiger partial charge is 0.497 e. The van der Waals surface area contributed by atoms with Crippen LogP contribution < -0.4 is 10.5 Å². The van der Waals surface area contributed by atoms with Crippen LogP contribution in [0, 0.1) is 0 Å². The number of hydrogen-bond acceptors (Lipinski definition) is 4. The van der Waals surface area contributed by atoms with E-state index < -0.39 is 0 Å². The average molecular weight is 252 g/mol. The summed E-state index contributed by atoms with van der Waals surface area (Å²) in [5.41, 5.74) is 6.48. The minimum Gasteiger partial charge on any atom is -0.497 e. The summed E-state index contributed by atoms with van der Waals surface area (Å²) in [5, 5.41) is 0. The lowest BCUT2D eigenvalue weighted by Crippen LogP contribution is -2.35. The van der Waals surface area contributed by atoms with E-state index in [-0.39, 0.29) is 6.09 Å². The lowest BCUT2D eigenvalue weighted by Gasteiger charge is -2.21. The smallest absolute Gasteiger partial charge is 0.410 e. The summed E-state index contributed by atoms with van der Waals surface area (Å²) in [7, 11) is 1.61. The second kappa shape index (κ2) is 7.55. The van der Waals surface area contributed by atoms with E-state index in [1.54, 1.807) is 18.9 Å². The maximum atomic E-state index is 11.7. The fraction of sp³-hybridized carbons (Fsp3) is 0.462. The van der Waals surface area contributed by atoms with Gasteiger partial charge in [-0.25, -0.2) is 4.79 Å². The predicted molar refractivity (Wildman–Crippen MR) is 69.5 cm³/mol. The SMILES string of the molecule is CCOC(=O)N(CCN)Cc1cccc(OC)c1. The molecule has 0 bridgehead atoms. The maximum Gasteiger partial charge on any atom is 0.410 e. The fourth-order valence-corrected chi connectivity index (χ4v) is 1.60. The van der Waals surface area contributed by atoms with Crippen LogP contribution in [0.5, 0.6) is 5.75 Å². The quantitative estimate of drug-likeness (QED) is 0.835. The zero-order valence-electron chi connectivity index (χ0n) is 10.9. The van der Waals surface area contributed by atoms with E-state index in [9.17, 15) is 4.79 Å². The highest BCUT2D eigenvalue weighted by Crippen LogP contribution is 2.14. The van der Waals surface area contributed by atoms with Crippen LogP contribution in [0.2, 0.25) is 0 Å². The van der Waals surface area contributed by atoms with Crippen molar-refractivity contribution in [1.29, 1.82) is 0 Å². The van der Waals surface area contributed by atoms with Crippen LogP contribution in [0.4, 0.5) is 4.79 Å². The van der Waals surface area contributed by atoms with E-state index in [0.717, 1.165) is 11.3 Å². The van der Waals surface area contributed by atoms with Crippen LogP contribution in [0.15, 0.2) is 24.3 Å². The van der Waals surface area contributed by atoms with Gasteiger partial charge in [-0.15, -0.1) is 0 Å². The lowest BCUT2D eigenvalue weighted by molar-refractivity contribution is 0.106. The van der Waals surface area contributed by atoms with Crippen LogP contribution in [-0.4, -0.2) is 37.8 Å². The van der Waals surface area contributed by atoms with Gasteiger partial charge >= 0.3 is 6.09 Å². The molecule has 1 amide bonds. The Morgan fingerprint density at radius 1 is 1.44 bits per heavy atom. The molecule has 0 saturated carbocycles. The van der Waals surface area contributed by atoms with Crippen molar-refractivity contribution < 1.29 is 14.3 Å². The molecular weight excluding hydrogens is 232 g/mol. The van der Waals surface area contributed by atoms with Crippen molar-refractivity contribution in [3.63, 3.8) is 0 Å². The zero-order valence-corrected chi connectivity index (χ0v) is 10.9. The predicted octanol–water partition coefficient (Wildman–Crippen LogP) is 1.61. The number of hydrogen-bond donors (Lipinski definition) is 1. The Hall–Kier alpha value is -1.75. The van der Waals surface area contributed by atoms with E-state index in [0.29, 0.717) is 26.2 Å². The Balaban J connectivity index is 2.72. The monoisotopic (exact) mass is 252 g/mol. The fourth-order valence-electron chi connectivity index (χ4n) is 1.60. The number of carbonyl (C=O) groups excluding carboxylic acids is 1. The summed E-state index contributed by atoms with van der Waals surface area (Å²) in [6.45, 7) is 3.48. The van der Waals surface area contributed by atoms with Crippen molar-refractivity contribution in [2.75, 3.05) is 26.8 Å². The van der Waals surface area contributed by atoms with Gasteiger partial charge in [-0.05, 0) is 24.6 Å². The summed E-state index contributed by atoms with van der Waals surface area (Å²) in [4.78, 5) is 13.3. The number of ether oxygens (including phenoxy) is 2. The van der Waals surface area contributed by atoms with Crippen molar-refractivity contribution in [3.05, 3.63) is 29.8 Å². The molecule has 0 radical (unpaired) electrons. The van der Waals surface area contributed by atoms with E-state index >= 15 is 0 Å². The number of benzene rings is 1. The molecule has 1 aromatic rings. The molecule has 0 spiro atoms. The highest BCUT2D eigenvalue weighted by molar-refractivity contribution is 5.67. The lowest BCUT2D eigenvalue weighted by atomic mass is 10.2. The normalized spacial score (nSPS) is 9.94. The molecule has 0 saturated heterocycles. The molecule has 0 aliphatic rings. The number of nitrogens with two attached hydrogens (primary N) is 1. The van der Waals surface area contributed by atoms with Gasteiger partial charge < -0.3 is 20.1 Å². The second-order valence-corrected chi connectivity index (χ2v) is 3.76. The van der Waals surface area contributed by atoms with Gasteiger partial charge in [0, 0.05) is 19.6 Å². The molecule has 0 aliphatic heterocycles. The van der Waals surface area contributed by atoms with Gasteiger partial charge in [0.2, 0.25) is 0 Å². The van der Waals surface area contributed by atoms with Crippen LogP contribution in [0.3, 0.4) is 0 Å². The molecule has 1 rings (SSSR count). The van der Waals surface area contributed by atoms with E-state index in [2.05, 4.69) is 0 Å². The third-order valence-corrected chi connectivity index (χ3v) is 2.43.